The molecule has 1 aliphatic rings. The molecule has 1 unspecified atom stereocenters. The molecule has 2 heterocycles. The highest BCUT2D eigenvalue weighted by molar-refractivity contribution is 6.07. The van der Waals surface area contributed by atoms with Crippen LogP contribution in [0.1, 0.15) is 30.4 Å². The SMILES string of the molecule is CCC1(c2ccc(F)cc2)NC(=O)N(Cc2nc(-c3ccccc3)oc2C)C1=O. The molecule has 4 rings (SSSR count). The smallest absolute Gasteiger partial charge is 0.325 e. The van der Waals surface area contributed by atoms with E-state index in [1.165, 1.54) is 24.3 Å². The van der Waals surface area contributed by atoms with Crippen molar-refractivity contribution < 1.29 is 18.4 Å². The van der Waals surface area contributed by atoms with Crippen molar-refractivity contribution in [1.82, 2.24) is 15.2 Å². The minimum Gasteiger partial charge on any atom is -0.441 e. The van der Waals surface area contributed by atoms with Crippen LogP contribution in [0.2, 0.25) is 0 Å². The average Bonchev–Trinajstić information content (AvgIpc) is 3.22. The highest BCUT2D eigenvalue weighted by atomic mass is 19.1. The van der Waals surface area contributed by atoms with Crippen molar-refractivity contribution in [3.8, 4) is 11.5 Å². The lowest BCUT2D eigenvalue weighted by Gasteiger charge is -2.25. The highest BCUT2D eigenvalue weighted by Crippen LogP contribution is 2.34. The molecular weight excluding hydrogens is 373 g/mol. The van der Waals surface area contributed by atoms with Crippen LogP contribution < -0.4 is 5.32 Å². The van der Waals surface area contributed by atoms with Crippen LogP contribution >= 0.6 is 0 Å². The van der Waals surface area contributed by atoms with E-state index in [-0.39, 0.29) is 12.5 Å². The molecule has 0 aliphatic carbocycles. The van der Waals surface area contributed by atoms with Crippen molar-refractivity contribution in [2.24, 2.45) is 0 Å². The molecule has 7 heteroatoms. The number of rotatable bonds is 5. The van der Waals surface area contributed by atoms with Gasteiger partial charge in [0, 0.05) is 5.56 Å². The van der Waals surface area contributed by atoms with E-state index in [0.717, 1.165) is 10.5 Å². The monoisotopic (exact) mass is 393 g/mol. The van der Waals surface area contributed by atoms with Gasteiger partial charge in [-0.15, -0.1) is 0 Å². The molecule has 1 fully saturated rings. The lowest BCUT2D eigenvalue weighted by atomic mass is 9.87. The zero-order chi connectivity index (χ0) is 20.6. The number of carbonyl (C=O) groups is 2. The summed E-state index contributed by atoms with van der Waals surface area (Å²) in [5, 5.41) is 2.79. The van der Waals surface area contributed by atoms with E-state index >= 15 is 0 Å². The third kappa shape index (κ3) is 3.18. The normalized spacial score (nSPS) is 18.9. The number of urea groups is 1. The molecule has 0 radical (unpaired) electrons. The molecule has 29 heavy (non-hydrogen) atoms. The average molecular weight is 393 g/mol. The first-order valence-corrected chi connectivity index (χ1v) is 9.36. The third-order valence-corrected chi connectivity index (χ3v) is 5.26. The predicted molar refractivity (Wildman–Crippen MR) is 104 cm³/mol. The molecule has 1 aromatic heterocycles. The van der Waals surface area contributed by atoms with Crippen LogP contribution in [0.5, 0.6) is 0 Å². The van der Waals surface area contributed by atoms with E-state index in [0.29, 0.717) is 29.3 Å². The van der Waals surface area contributed by atoms with Gasteiger partial charge in [0.15, 0.2) is 0 Å². The Bertz CT molecular complexity index is 1060. The summed E-state index contributed by atoms with van der Waals surface area (Å²) in [6.07, 6.45) is 0.340. The van der Waals surface area contributed by atoms with E-state index in [1.807, 2.05) is 30.3 Å². The molecule has 1 saturated heterocycles. The van der Waals surface area contributed by atoms with Gasteiger partial charge < -0.3 is 9.73 Å². The Labute approximate surface area is 167 Å². The number of aromatic nitrogens is 1. The van der Waals surface area contributed by atoms with Crippen molar-refractivity contribution >= 4 is 11.9 Å². The Hall–Kier alpha value is -3.48. The lowest BCUT2D eigenvalue weighted by Crippen LogP contribution is -2.43. The van der Waals surface area contributed by atoms with Gasteiger partial charge in [-0.1, -0.05) is 37.3 Å². The zero-order valence-corrected chi connectivity index (χ0v) is 16.1. The summed E-state index contributed by atoms with van der Waals surface area (Å²) in [5.41, 5.74) is 0.653. The molecule has 3 aromatic rings. The maximum Gasteiger partial charge on any atom is 0.325 e. The van der Waals surface area contributed by atoms with Gasteiger partial charge in [0.2, 0.25) is 5.89 Å². The summed E-state index contributed by atoms with van der Waals surface area (Å²) in [7, 11) is 0. The van der Waals surface area contributed by atoms with Crippen LogP contribution in [0.15, 0.2) is 59.0 Å². The molecule has 2 aromatic carbocycles. The van der Waals surface area contributed by atoms with Crippen LogP contribution in [0.3, 0.4) is 0 Å². The third-order valence-electron chi connectivity index (χ3n) is 5.26. The molecule has 0 saturated carbocycles. The van der Waals surface area contributed by atoms with E-state index in [1.54, 1.807) is 13.8 Å². The quantitative estimate of drug-likeness (QED) is 0.661. The fraction of sp³-hybridized carbons (Fsp3) is 0.227. The molecule has 148 valence electrons. The lowest BCUT2D eigenvalue weighted by molar-refractivity contribution is -0.132. The Morgan fingerprint density at radius 2 is 1.79 bits per heavy atom. The van der Waals surface area contributed by atoms with E-state index < -0.39 is 17.4 Å². The minimum atomic E-state index is -1.22. The van der Waals surface area contributed by atoms with E-state index in [2.05, 4.69) is 10.3 Å². The number of carbonyl (C=O) groups excluding carboxylic acids is 2. The summed E-state index contributed by atoms with van der Waals surface area (Å²) in [6.45, 7) is 3.55. The molecule has 0 bridgehead atoms. The van der Waals surface area contributed by atoms with Gasteiger partial charge in [-0.25, -0.2) is 14.2 Å². The first-order valence-electron chi connectivity index (χ1n) is 9.36. The van der Waals surface area contributed by atoms with Crippen molar-refractivity contribution in [1.29, 1.82) is 0 Å². The van der Waals surface area contributed by atoms with Crippen molar-refractivity contribution in [2.45, 2.75) is 32.4 Å². The molecule has 1 N–H and O–H groups in total. The van der Waals surface area contributed by atoms with Crippen LogP contribution in [0.25, 0.3) is 11.5 Å². The molecule has 0 spiro atoms. The number of amides is 3. The number of hydrogen-bond donors (Lipinski definition) is 1. The second-order valence-electron chi connectivity index (χ2n) is 6.98. The molecule has 3 amide bonds. The van der Waals surface area contributed by atoms with Gasteiger partial charge in [0.05, 0.1) is 6.54 Å². The second-order valence-corrected chi connectivity index (χ2v) is 6.98. The number of aryl methyl sites for hydroxylation is 1. The summed E-state index contributed by atoms with van der Waals surface area (Å²) < 4.78 is 19.1. The van der Waals surface area contributed by atoms with Crippen LogP contribution in [0, 0.1) is 12.7 Å². The fourth-order valence-corrected chi connectivity index (χ4v) is 3.57. The van der Waals surface area contributed by atoms with Crippen LogP contribution in [-0.4, -0.2) is 21.8 Å². The van der Waals surface area contributed by atoms with Gasteiger partial charge in [0.1, 0.15) is 22.8 Å². The van der Waals surface area contributed by atoms with Crippen molar-refractivity contribution in [3.05, 3.63) is 77.4 Å². The first-order chi connectivity index (χ1) is 13.9. The van der Waals surface area contributed by atoms with E-state index in [9.17, 15) is 14.0 Å². The number of nitrogens with zero attached hydrogens (tertiary/aromatic N) is 2. The second kappa shape index (κ2) is 7.16. The van der Waals surface area contributed by atoms with Crippen LogP contribution in [-0.2, 0) is 16.9 Å². The first kappa shape index (κ1) is 18.9. The standard InChI is InChI=1S/C22H20FN3O3/c1-3-22(16-9-11-17(23)12-10-16)20(27)26(21(28)25-22)13-18-14(2)29-19(24-18)15-7-5-4-6-8-15/h4-12H,3,13H2,1-2H3,(H,25,28). The van der Waals surface area contributed by atoms with Gasteiger partial charge in [-0.2, -0.15) is 0 Å². The van der Waals surface area contributed by atoms with Gasteiger partial charge in [-0.05, 0) is 43.2 Å². The number of oxazole rings is 1. The summed E-state index contributed by atoms with van der Waals surface area (Å²) in [4.78, 5) is 31.5. The number of nitrogens with one attached hydrogen (secondary N) is 1. The number of benzene rings is 2. The van der Waals surface area contributed by atoms with E-state index in [4.69, 9.17) is 4.42 Å². The van der Waals surface area contributed by atoms with Crippen LogP contribution in [0.4, 0.5) is 9.18 Å². The number of hydrogen-bond acceptors (Lipinski definition) is 4. The molecule has 1 aliphatic heterocycles. The topological polar surface area (TPSA) is 75.4 Å². The zero-order valence-electron chi connectivity index (χ0n) is 16.1. The summed E-state index contributed by atoms with van der Waals surface area (Å²) in [6, 6.07) is 14.5. The predicted octanol–water partition coefficient (Wildman–Crippen LogP) is 4.15. The molecular formula is C22H20FN3O3. The number of imide groups is 1. The maximum absolute atomic E-state index is 13.3. The number of halogens is 1. The fourth-order valence-electron chi connectivity index (χ4n) is 3.57. The largest absolute Gasteiger partial charge is 0.441 e. The van der Waals surface area contributed by atoms with Gasteiger partial charge in [0.25, 0.3) is 5.91 Å². The Morgan fingerprint density at radius 1 is 1.10 bits per heavy atom. The maximum atomic E-state index is 13.3. The molecule has 6 nitrogen and oxygen atoms in total. The van der Waals surface area contributed by atoms with Crippen molar-refractivity contribution in [3.63, 3.8) is 0 Å². The van der Waals surface area contributed by atoms with Gasteiger partial charge in [-0.3, -0.25) is 9.69 Å². The van der Waals surface area contributed by atoms with Crippen molar-refractivity contribution in [2.75, 3.05) is 0 Å². The Kier molecular flexibility index (Phi) is 4.66. The van der Waals surface area contributed by atoms with Gasteiger partial charge >= 0.3 is 6.03 Å². The Balaban J connectivity index is 1.63. The summed E-state index contributed by atoms with van der Waals surface area (Å²) in [5.74, 6) is 0.186. The summed E-state index contributed by atoms with van der Waals surface area (Å²) >= 11 is 0. The minimum absolute atomic E-state index is 0.00419. The Morgan fingerprint density at radius 3 is 2.45 bits per heavy atom. The molecule has 1 atom stereocenters. The highest BCUT2D eigenvalue weighted by Gasteiger charge is 2.51.